The zero-order valence-electron chi connectivity index (χ0n) is 15.2. The second kappa shape index (κ2) is 6.81. The number of nitrogens with one attached hydrogen (secondary N) is 3. The smallest absolute Gasteiger partial charge is 0.230 e. The lowest BCUT2D eigenvalue weighted by molar-refractivity contribution is -0.135. The molecule has 1 unspecified atom stereocenters. The minimum absolute atomic E-state index is 0.0164. The first kappa shape index (κ1) is 18.1. The summed E-state index contributed by atoms with van der Waals surface area (Å²) in [7, 11) is 0. The highest BCUT2D eigenvalue weighted by atomic mass is 79.9. The van der Waals surface area contributed by atoms with Crippen LogP contribution in [0.1, 0.15) is 38.5 Å². The van der Waals surface area contributed by atoms with Crippen LogP contribution in [-0.2, 0) is 9.59 Å². The van der Waals surface area contributed by atoms with Gasteiger partial charge in [-0.3, -0.25) is 9.59 Å². The number of halogens is 1. The summed E-state index contributed by atoms with van der Waals surface area (Å²) in [5, 5.41) is 10.2. The molecule has 3 N–H and O–H groups in total. The summed E-state index contributed by atoms with van der Waals surface area (Å²) >= 11 is 4.80. The number of nitrogens with zero attached hydrogens (tertiary/aromatic N) is 1. The van der Waals surface area contributed by atoms with Gasteiger partial charge in [0.1, 0.15) is 0 Å². The zero-order valence-corrected chi connectivity index (χ0v) is 17.6. The molecular weight excluding hydrogens is 428 g/mol. The molecule has 2 amide bonds. The summed E-state index contributed by atoms with van der Waals surface area (Å²) in [4.78, 5) is 30.7. The summed E-state index contributed by atoms with van der Waals surface area (Å²) < 4.78 is 0.892. The van der Waals surface area contributed by atoms with Crippen LogP contribution in [-0.4, -0.2) is 35.9 Å². The lowest BCUT2D eigenvalue weighted by Gasteiger charge is -2.31. The topological polar surface area (TPSA) is 83.1 Å². The van der Waals surface area contributed by atoms with E-state index in [1.807, 2.05) is 0 Å². The number of thiazole rings is 1. The molecule has 6 nitrogen and oxygen atoms in total. The summed E-state index contributed by atoms with van der Waals surface area (Å²) in [6.45, 7) is 1.86. The van der Waals surface area contributed by atoms with Gasteiger partial charge in [-0.2, -0.15) is 0 Å². The van der Waals surface area contributed by atoms with Crippen LogP contribution in [0.4, 0.5) is 5.13 Å². The molecule has 1 spiro atoms. The van der Waals surface area contributed by atoms with E-state index in [0.717, 1.165) is 42.6 Å². The lowest BCUT2D eigenvalue weighted by Crippen LogP contribution is -2.50. The van der Waals surface area contributed by atoms with E-state index >= 15 is 0 Å². The maximum Gasteiger partial charge on any atom is 0.230 e. The molecule has 2 bridgehead atoms. The molecule has 5 rings (SSSR count). The average Bonchev–Trinajstić information content (AvgIpc) is 3.15. The highest BCUT2D eigenvalue weighted by Gasteiger charge is 2.71. The van der Waals surface area contributed by atoms with Crippen molar-refractivity contribution in [2.24, 2.45) is 29.1 Å². The summed E-state index contributed by atoms with van der Waals surface area (Å²) in [5.74, 6) is 0.408. The van der Waals surface area contributed by atoms with Gasteiger partial charge < -0.3 is 16.0 Å². The van der Waals surface area contributed by atoms with Gasteiger partial charge in [-0.05, 0) is 78.3 Å². The van der Waals surface area contributed by atoms with E-state index in [1.54, 1.807) is 6.20 Å². The van der Waals surface area contributed by atoms with E-state index in [0.29, 0.717) is 17.0 Å². The van der Waals surface area contributed by atoms with Crippen molar-refractivity contribution >= 4 is 44.2 Å². The van der Waals surface area contributed by atoms with Crippen LogP contribution in [0.15, 0.2) is 9.98 Å². The Hall–Kier alpha value is -0.990. The van der Waals surface area contributed by atoms with Crippen molar-refractivity contribution in [1.82, 2.24) is 15.6 Å². The Kier molecular flexibility index (Phi) is 4.56. The molecule has 1 aromatic rings. The van der Waals surface area contributed by atoms with Gasteiger partial charge in [-0.1, -0.05) is 11.3 Å². The molecule has 0 aromatic carbocycles. The van der Waals surface area contributed by atoms with Crippen molar-refractivity contribution in [3.63, 3.8) is 0 Å². The second-order valence-electron chi connectivity index (χ2n) is 8.59. The monoisotopic (exact) mass is 452 g/mol. The number of anilines is 1. The number of carbonyl (C=O) groups excluding carboxylic acids is 2. The highest BCUT2D eigenvalue weighted by molar-refractivity contribution is 9.11. The Morgan fingerprint density at radius 1 is 1.19 bits per heavy atom. The molecule has 1 aliphatic heterocycles. The Labute approximate surface area is 171 Å². The first-order valence-corrected chi connectivity index (χ1v) is 11.6. The first-order valence-electron chi connectivity index (χ1n) is 10.0. The SMILES string of the molecule is O=C(NC1CCCNC1)[C@H]1[C@H](C(=O)Nc2ncc(Br)s2)[C@@H]2CC[C@H]1C21CC1. The number of aromatic nitrogens is 1. The second-order valence-corrected chi connectivity index (χ2v) is 11.0. The van der Waals surface area contributed by atoms with E-state index in [-0.39, 0.29) is 35.1 Å². The van der Waals surface area contributed by atoms with Crippen molar-refractivity contribution in [2.75, 3.05) is 18.4 Å². The van der Waals surface area contributed by atoms with E-state index in [1.165, 1.54) is 24.2 Å². The fourth-order valence-electron chi connectivity index (χ4n) is 6.13. The van der Waals surface area contributed by atoms with Gasteiger partial charge in [0.05, 0.1) is 21.8 Å². The lowest BCUT2D eigenvalue weighted by atomic mass is 9.78. The highest BCUT2D eigenvalue weighted by Crippen LogP contribution is 2.74. The predicted molar refractivity (Wildman–Crippen MR) is 107 cm³/mol. The number of hydrogen-bond donors (Lipinski definition) is 3. The molecule has 3 aliphatic carbocycles. The zero-order chi connectivity index (χ0) is 18.6. The average molecular weight is 453 g/mol. The van der Waals surface area contributed by atoms with E-state index < -0.39 is 0 Å². The van der Waals surface area contributed by atoms with Gasteiger partial charge in [0.2, 0.25) is 11.8 Å². The number of rotatable bonds is 4. The normalized spacial score (nSPS) is 36.0. The minimum Gasteiger partial charge on any atom is -0.352 e. The fraction of sp³-hybridized carbons (Fsp3) is 0.737. The van der Waals surface area contributed by atoms with Crippen molar-refractivity contribution in [3.8, 4) is 0 Å². The van der Waals surface area contributed by atoms with Crippen LogP contribution >= 0.6 is 27.3 Å². The van der Waals surface area contributed by atoms with Gasteiger partial charge in [0.25, 0.3) is 0 Å². The number of piperidine rings is 1. The van der Waals surface area contributed by atoms with Crippen LogP contribution in [0.5, 0.6) is 0 Å². The molecular formula is C19H25BrN4O2S. The molecule has 3 saturated carbocycles. The van der Waals surface area contributed by atoms with E-state index in [9.17, 15) is 9.59 Å². The molecule has 8 heteroatoms. The third-order valence-electron chi connectivity index (χ3n) is 7.30. The Morgan fingerprint density at radius 3 is 2.52 bits per heavy atom. The van der Waals surface area contributed by atoms with Crippen molar-refractivity contribution in [1.29, 1.82) is 0 Å². The van der Waals surface area contributed by atoms with Crippen LogP contribution in [0.3, 0.4) is 0 Å². The molecule has 1 saturated heterocycles. The molecule has 27 heavy (non-hydrogen) atoms. The largest absolute Gasteiger partial charge is 0.352 e. The first-order chi connectivity index (χ1) is 13.1. The molecule has 4 fully saturated rings. The van der Waals surface area contributed by atoms with Gasteiger partial charge in [-0.15, -0.1) is 0 Å². The Balaban J connectivity index is 1.36. The summed E-state index contributed by atoms with van der Waals surface area (Å²) in [5.41, 5.74) is 0.262. The van der Waals surface area contributed by atoms with Crippen molar-refractivity contribution in [3.05, 3.63) is 9.98 Å². The standard InChI is InChI=1S/C19H25BrN4O2S/c20-13-9-22-18(27-13)24-17(26)15-12-4-3-11(19(12)5-6-19)14(15)16(25)23-10-2-1-7-21-8-10/h9-12,14-15,21H,1-8H2,(H,23,25)(H,22,24,26)/t10?,11-,12+,14-,15-/m1/s1. The summed E-state index contributed by atoms with van der Waals surface area (Å²) in [6.07, 6.45) is 8.36. The van der Waals surface area contributed by atoms with Gasteiger partial charge in [-0.25, -0.2) is 4.98 Å². The predicted octanol–water partition coefficient (Wildman–Crippen LogP) is 2.76. The molecule has 2 heterocycles. The van der Waals surface area contributed by atoms with Crippen LogP contribution in [0.25, 0.3) is 0 Å². The fourth-order valence-corrected chi connectivity index (χ4v) is 7.24. The van der Waals surface area contributed by atoms with Crippen LogP contribution < -0.4 is 16.0 Å². The van der Waals surface area contributed by atoms with E-state index in [4.69, 9.17) is 0 Å². The Morgan fingerprint density at radius 2 is 1.93 bits per heavy atom. The van der Waals surface area contributed by atoms with Crippen LogP contribution in [0.2, 0.25) is 0 Å². The summed E-state index contributed by atoms with van der Waals surface area (Å²) in [6, 6.07) is 0.194. The minimum atomic E-state index is -0.217. The van der Waals surface area contributed by atoms with Crippen molar-refractivity contribution < 1.29 is 9.59 Å². The molecule has 1 aromatic heterocycles. The molecule has 5 atom stereocenters. The Bertz CT molecular complexity index is 759. The maximum atomic E-state index is 13.3. The maximum absolute atomic E-state index is 13.3. The van der Waals surface area contributed by atoms with Crippen LogP contribution in [0, 0.1) is 29.1 Å². The molecule has 0 radical (unpaired) electrons. The number of hydrogen-bond acceptors (Lipinski definition) is 5. The third kappa shape index (κ3) is 3.04. The van der Waals surface area contributed by atoms with E-state index in [2.05, 4.69) is 36.9 Å². The molecule has 4 aliphatic rings. The quantitative estimate of drug-likeness (QED) is 0.655. The third-order valence-corrected chi connectivity index (χ3v) is 8.69. The van der Waals surface area contributed by atoms with Crippen molar-refractivity contribution in [2.45, 2.75) is 44.6 Å². The van der Waals surface area contributed by atoms with Gasteiger partial charge in [0, 0.05) is 12.6 Å². The number of carbonyl (C=O) groups is 2. The molecule has 146 valence electrons. The van der Waals surface area contributed by atoms with Gasteiger partial charge >= 0.3 is 0 Å². The number of amides is 2. The van der Waals surface area contributed by atoms with Gasteiger partial charge in [0.15, 0.2) is 5.13 Å².